The number of ether oxygens (including phenoxy) is 1. The Kier molecular flexibility index (Phi) is 4.74. The number of hydrogen-bond donors (Lipinski definition) is 0. The average molecular weight is 378 g/mol. The van der Waals surface area contributed by atoms with E-state index in [1.165, 1.54) is 0 Å². The molecule has 2 aliphatic rings. The third-order valence-electron chi connectivity index (χ3n) is 4.81. The topological polar surface area (TPSA) is 66.2 Å². The standard InChI is InChI=1S/C18H20ClN3O4/c19-14-1-2-15-13(11-14)12-16(26-15)17(23)20-3-5-21(6-4-20)18(24)22-7-9-25-10-8-22/h1-2,11-12H,3-10H2. The van der Waals surface area contributed by atoms with Gasteiger partial charge in [0.1, 0.15) is 5.58 Å². The largest absolute Gasteiger partial charge is 0.451 e. The zero-order valence-corrected chi connectivity index (χ0v) is 15.1. The maximum Gasteiger partial charge on any atom is 0.320 e. The van der Waals surface area contributed by atoms with E-state index in [2.05, 4.69) is 0 Å². The van der Waals surface area contributed by atoms with Crippen LogP contribution < -0.4 is 0 Å². The van der Waals surface area contributed by atoms with Gasteiger partial charge in [0.15, 0.2) is 5.76 Å². The molecule has 0 saturated carbocycles. The summed E-state index contributed by atoms with van der Waals surface area (Å²) in [4.78, 5) is 30.5. The first-order chi connectivity index (χ1) is 12.6. The van der Waals surface area contributed by atoms with Crippen molar-refractivity contribution in [2.24, 2.45) is 0 Å². The molecule has 2 aliphatic heterocycles. The smallest absolute Gasteiger partial charge is 0.320 e. The molecular formula is C18H20ClN3O4. The Hall–Kier alpha value is -2.25. The summed E-state index contributed by atoms with van der Waals surface area (Å²) in [7, 11) is 0. The summed E-state index contributed by atoms with van der Waals surface area (Å²) in [6.07, 6.45) is 0. The van der Waals surface area contributed by atoms with Gasteiger partial charge in [-0.1, -0.05) is 11.6 Å². The Labute approximate surface area is 156 Å². The SMILES string of the molecule is O=C(c1cc2cc(Cl)ccc2o1)N1CCN(C(=O)N2CCOCC2)CC1. The molecule has 3 amide bonds. The van der Waals surface area contributed by atoms with Crippen molar-refractivity contribution >= 4 is 34.5 Å². The molecule has 7 nitrogen and oxygen atoms in total. The fraction of sp³-hybridized carbons (Fsp3) is 0.444. The van der Waals surface area contributed by atoms with E-state index in [9.17, 15) is 9.59 Å². The Bertz CT molecular complexity index is 823. The van der Waals surface area contributed by atoms with E-state index in [1.54, 1.807) is 34.1 Å². The highest BCUT2D eigenvalue weighted by Crippen LogP contribution is 2.24. The molecule has 0 spiro atoms. The van der Waals surface area contributed by atoms with Gasteiger partial charge >= 0.3 is 6.03 Å². The molecule has 26 heavy (non-hydrogen) atoms. The Balaban J connectivity index is 1.38. The van der Waals surface area contributed by atoms with E-state index in [0.717, 1.165) is 5.39 Å². The number of fused-ring (bicyclic) bond motifs is 1. The van der Waals surface area contributed by atoms with Gasteiger partial charge in [-0.15, -0.1) is 0 Å². The third-order valence-corrected chi connectivity index (χ3v) is 5.04. The summed E-state index contributed by atoms with van der Waals surface area (Å²) in [5.74, 6) is 0.144. The quantitative estimate of drug-likeness (QED) is 0.764. The van der Waals surface area contributed by atoms with Crippen molar-refractivity contribution in [1.82, 2.24) is 14.7 Å². The van der Waals surface area contributed by atoms with Gasteiger partial charge < -0.3 is 23.9 Å². The highest BCUT2D eigenvalue weighted by molar-refractivity contribution is 6.31. The molecule has 1 aromatic carbocycles. The van der Waals surface area contributed by atoms with E-state index in [4.69, 9.17) is 20.8 Å². The van der Waals surface area contributed by atoms with Crippen LogP contribution in [0.1, 0.15) is 10.6 Å². The van der Waals surface area contributed by atoms with Gasteiger partial charge in [0, 0.05) is 49.7 Å². The summed E-state index contributed by atoms with van der Waals surface area (Å²) in [5.41, 5.74) is 0.638. The van der Waals surface area contributed by atoms with Crippen LogP contribution in [0.25, 0.3) is 11.0 Å². The summed E-state index contributed by atoms with van der Waals surface area (Å²) in [5, 5.41) is 1.41. The maximum absolute atomic E-state index is 12.7. The van der Waals surface area contributed by atoms with Crippen molar-refractivity contribution in [3.05, 3.63) is 35.0 Å². The van der Waals surface area contributed by atoms with Gasteiger partial charge in [-0.25, -0.2) is 4.79 Å². The molecule has 0 aliphatic carbocycles. The van der Waals surface area contributed by atoms with Gasteiger partial charge in [0.2, 0.25) is 0 Å². The number of rotatable bonds is 1. The summed E-state index contributed by atoms with van der Waals surface area (Å²) in [6, 6.07) is 7.01. The number of piperazine rings is 1. The minimum atomic E-state index is -0.157. The van der Waals surface area contributed by atoms with Crippen LogP contribution in [0.2, 0.25) is 5.02 Å². The second-order valence-corrected chi connectivity index (χ2v) is 6.89. The molecule has 3 heterocycles. The van der Waals surface area contributed by atoms with Crippen molar-refractivity contribution in [2.45, 2.75) is 0 Å². The molecule has 4 rings (SSSR count). The van der Waals surface area contributed by atoms with Gasteiger partial charge in [0.25, 0.3) is 5.91 Å². The number of hydrogen-bond acceptors (Lipinski definition) is 4. The van der Waals surface area contributed by atoms with Crippen LogP contribution in [0.15, 0.2) is 28.7 Å². The molecule has 0 bridgehead atoms. The van der Waals surface area contributed by atoms with Crippen LogP contribution in [0.4, 0.5) is 4.79 Å². The monoisotopic (exact) mass is 377 g/mol. The van der Waals surface area contributed by atoms with Crippen LogP contribution in [0, 0.1) is 0 Å². The van der Waals surface area contributed by atoms with Crippen LogP contribution in [-0.4, -0.2) is 79.1 Å². The lowest BCUT2D eigenvalue weighted by Gasteiger charge is -2.38. The van der Waals surface area contributed by atoms with E-state index in [1.807, 2.05) is 4.90 Å². The van der Waals surface area contributed by atoms with Gasteiger partial charge in [-0.3, -0.25) is 4.79 Å². The lowest BCUT2D eigenvalue weighted by Crippen LogP contribution is -2.55. The molecule has 8 heteroatoms. The second kappa shape index (κ2) is 7.17. The molecule has 1 aromatic heterocycles. The normalized spacial score (nSPS) is 18.4. The number of benzene rings is 1. The molecule has 2 saturated heterocycles. The molecule has 2 fully saturated rings. The number of nitrogens with zero attached hydrogens (tertiary/aromatic N) is 3. The average Bonchev–Trinajstić information content (AvgIpc) is 3.11. The number of carbonyl (C=O) groups is 2. The van der Waals surface area contributed by atoms with Crippen molar-refractivity contribution in [1.29, 1.82) is 0 Å². The predicted molar refractivity (Wildman–Crippen MR) is 96.5 cm³/mol. The van der Waals surface area contributed by atoms with Gasteiger partial charge in [-0.2, -0.15) is 0 Å². The summed E-state index contributed by atoms with van der Waals surface area (Å²) < 4.78 is 10.9. The minimum Gasteiger partial charge on any atom is -0.451 e. The second-order valence-electron chi connectivity index (χ2n) is 6.45. The first-order valence-corrected chi connectivity index (χ1v) is 9.09. The Morgan fingerprint density at radius 3 is 2.27 bits per heavy atom. The van der Waals surface area contributed by atoms with E-state index >= 15 is 0 Å². The number of furan rings is 1. The summed E-state index contributed by atoms with van der Waals surface area (Å²) in [6.45, 7) is 4.45. The molecule has 0 radical (unpaired) electrons. The minimum absolute atomic E-state index is 0.0266. The summed E-state index contributed by atoms with van der Waals surface area (Å²) >= 11 is 5.98. The highest BCUT2D eigenvalue weighted by atomic mass is 35.5. The Morgan fingerprint density at radius 2 is 1.54 bits per heavy atom. The molecule has 138 valence electrons. The number of carbonyl (C=O) groups excluding carboxylic acids is 2. The van der Waals surface area contributed by atoms with Crippen molar-refractivity contribution in [3.63, 3.8) is 0 Å². The fourth-order valence-corrected chi connectivity index (χ4v) is 3.51. The van der Waals surface area contributed by atoms with Gasteiger partial charge in [-0.05, 0) is 24.3 Å². The Morgan fingerprint density at radius 1 is 0.885 bits per heavy atom. The van der Waals surface area contributed by atoms with E-state index in [-0.39, 0.29) is 11.9 Å². The lowest BCUT2D eigenvalue weighted by molar-refractivity contribution is 0.0358. The van der Waals surface area contributed by atoms with Gasteiger partial charge in [0.05, 0.1) is 13.2 Å². The molecule has 2 aromatic rings. The van der Waals surface area contributed by atoms with Crippen LogP contribution >= 0.6 is 11.6 Å². The lowest BCUT2D eigenvalue weighted by atomic mass is 10.2. The first-order valence-electron chi connectivity index (χ1n) is 8.72. The third kappa shape index (κ3) is 3.37. The first kappa shape index (κ1) is 17.2. The molecule has 0 atom stereocenters. The predicted octanol–water partition coefficient (Wildman–Crippen LogP) is 2.30. The van der Waals surface area contributed by atoms with E-state index < -0.39 is 0 Å². The van der Waals surface area contributed by atoms with Crippen molar-refractivity contribution in [3.8, 4) is 0 Å². The van der Waals surface area contributed by atoms with Crippen molar-refractivity contribution in [2.75, 3.05) is 52.5 Å². The number of morpholine rings is 1. The number of halogens is 1. The molecule has 0 N–H and O–H groups in total. The van der Waals surface area contributed by atoms with Crippen LogP contribution in [-0.2, 0) is 4.74 Å². The number of urea groups is 1. The fourth-order valence-electron chi connectivity index (χ4n) is 3.33. The zero-order valence-electron chi connectivity index (χ0n) is 14.3. The van der Waals surface area contributed by atoms with E-state index in [0.29, 0.717) is 68.8 Å². The molecular weight excluding hydrogens is 358 g/mol. The zero-order chi connectivity index (χ0) is 18.1. The van der Waals surface area contributed by atoms with Crippen LogP contribution in [0.3, 0.4) is 0 Å². The van der Waals surface area contributed by atoms with Crippen molar-refractivity contribution < 1.29 is 18.7 Å². The van der Waals surface area contributed by atoms with Crippen LogP contribution in [0.5, 0.6) is 0 Å². The highest BCUT2D eigenvalue weighted by Gasteiger charge is 2.29. The number of amides is 3. The molecule has 0 unspecified atom stereocenters. The maximum atomic E-state index is 12.7.